The molecule has 84 valence electrons. The number of hydrogen-bond donors (Lipinski definition) is 2. The van der Waals surface area contributed by atoms with E-state index in [1.54, 1.807) is 0 Å². The number of aromatic amines is 1. The lowest BCUT2D eigenvalue weighted by Crippen LogP contribution is -2.06. The molecular weight excluding hydrogens is 198 g/mol. The molecule has 0 fully saturated rings. The minimum Gasteiger partial charge on any atom is -0.316 e. The van der Waals surface area contributed by atoms with Crippen LogP contribution in [0.1, 0.15) is 16.8 Å². The van der Waals surface area contributed by atoms with Gasteiger partial charge in [-0.05, 0) is 26.5 Å². The zero-order valence-electron chi connectivity index (χ0n) is 9.96. The molecule has 0 saturated carbocycles. The van der Waals surface area contributed by atoms with Crippen LogP contribution in [0.25, 0.3) is 11.3 Å². The maximum atomic E-state index is 4.40. The van der Waals surface area contributed by atoms with Gasteiger partial charge in [0.15, 0.2) is 0 Å². The Morgan fingerprint density at radius 2 is 2.00 bits per heavy atom. The van der Waals surface area contributed by atoms with E-state index in [1.807, 2.05) is 7.05 Å². The highest BCUT2D eigenvalue weighted by Crippen LogP contribution is 2.26. The van der Waals surface area contributed by atoms with Crippen molar-refractivity contribution in [3.63, 3.8) is 0 Å². The summed E-state index contributed by atoms with van der Waals surface area (Å²) in [5.74, 6) is 0. The summed E-state index contributed by atoms with van der Waals surface area (Å²) in [5.41, 5.74) is 5.90. The van der Waals surface area contributed by atoms with Gasteiger partial charge < -0.3 is 5.32 Å². The summed E-state index contributed by atoms with van der Waals surface area (Å²) in [4.78, 5) is 0. The summed E-state index contributed by atoms with van der Waals surface area (Å²) in [6.45, 7) is 5.01. The maximum absolute atomic E-state index is 4.40. The first-order chi connectivity index (χ1) is 7.74. The molecule has 0 saturated heterocycles. The van der Waals surface area contributed by atoms with Crippen LogP contribution in [0.4, 0.5) is 0 Å². The average molecular weight is 215 g/mol. The highest BCUT2D eigenvalue weighted by molar-refractivity contribution is 5.67. The molecule has 0 unspecified atom stereocenters. The lowest BCUT2D eigenvalue weighted by Gasteiger charge is -2.05. The molecule has 0 atom stereocenters. The number of H-pyrrole nitrogens is 1. The molecule has 2 rings (SSSR count). The molecule has 1 aromatic carbocycles. The van der Waals surface area contributed by atoms with Gasteiger partial charge in [0.2, 0.25) is 0 Å². The molecule has 3 heteroatoms. The van der Waals surface area contributed by atoms with Crippen LogP contribution in [-0.4, -0.2) is 17.2 Å². The van der Waals surface area contributed by atoms with Crippen molar-refractivity contribution in [2.75, 3.05) is 7.05 Å². The van der Waals surface area contributed by atoms with Crippen LogP contribution in [0.2, 0.25) is 0 Å². The smallest absolute Gasteiger partial charge is 0.0971 e. The van der Waals surface area contributed by atoms with Crippen LogP contribution in [0.15, 0.2) is 24.3 Å². The normalized spacial score (nSPS) is 10.7. The molecule has 1 heterocycles. The Hall–Kier alpha value is -1.61. The Balaban J connectivity index is 2.52. The molecule has 0 amide bonds. The van der Waals surface area contributed by atoms with Gasteiger partial charge in [-0.15, -0.1) is 0 Å². The van der Waals surface area contributed by atoms with E-state index in [2.05, 4.69) is 53.6 Å². The van der Waals surface area contributed by atoms with Crippen molar-refractivity contribution in [1.29, 1.82) is 0 Å². The van der Waals surface area contributed by atoms with Gasteiger partial charge in [0.1, 0.15) is 0 Å². The van der Waals surface area contributed by atoms with E-state index in [1.165, 1.54) is 16.7 Å². The van der Waals surface area contributed by atoms with Crippen LogP contribution in [0, 0.1) is 13.8 Å². The lowest BCUT2D eigenvalue weighted by molar-refractivity contribution is 0.813. The van der Waals surface area contributed by atoms with Gasteiger partial charge in [-0.25, -0.2) is 0 Å². The van der Waals surface area contributed by atoms with Crippen LogP contribution in [0.5, 0.6) is 0 Å². The van der Waals surface area contributed by atoms with Crippen LogP contribution < -0.4 is 5.32 Å². The predicted molar refractivity (Wildman–Crippen MR) is 66.3 cm³/mol. The number of hydrogen-bond acceptors (Lipinski definition) is 2. The molecule has 3 nitrogen and oxygen atoms in total. The van der Waals surface area contributed by atoms with Crippen LogP contribution in [0.3, 0.4) is 0 Å². The van der Waals surface area contributed by atoms with Gasteiger partial charge in [0, 0.05) is 23.4 Å². The summed E-state index contributed by atoms with van der Waals surface area (Å²) in [6.07, 6.45) is 0. The van der Waals surface area contributed by atoms with Crippen LogP contribution >= 0.6 is 0 Å². The number of benzene rings is 1. The minimum atomic E-state index is 0.839. The van der Waals surface area contributed by atoms with Gasteiger partial charge in [-0.2, -0.15) is 5.10 Å². The van der Waals surface area contributed by atoms with Gasteiger partial charge in [0.25, 0.3) is 0 Å². The van der Waals surface area contributed by atoms with Crippen molar-refractivity contribution < 1.29 is 0 Å². The largest absolute Gasteiger partial charge is 0.316 e. The summed E-state index contributed by atoms with van der Waals surface area (Å²) in [6, 6.07) is 8.33. The first kappa shape index (κ1) is 10.9. The summed E-state index contributed by atoms with van der Waals surface area (Å²) in [7, 11) is 1.95. The second kappa shape index (κ2) is 4.49. The number of aromatic nitrogens is 2. The summed E-state index contributed by atoms with van der Waals surface area (Å²) < 4.78 is 0. The van der Waals surface area contributed by atoms with Gasteiger partial charge in [0.05, 0.1) is 5.69 Å². The Bertz CT molecular complexity index is 486. The van der Waals surface area contributed by atoms with E-state index < -0.39 is 0 Å². The van der Waals surface area contributed by atoms with E-state index >= 15 is 0 Å². The van der Waals surface area contributed by atoms with Crippen molar-refractivity contribution in [2.24, 2.45) is 0 Å². The number of rotatable bonds is 3. The molecular formula is C13H17N3. The maximum Gasteiger partial charge on any atom is 0.0971 e. The Kier molecular flexibility index (Phi) is 3.06. The van der Waals surface area contributed by atoms with E-state index in [0.717, 1.165) is 17.9 Å². The molecule has 0 aliphatic carbocycles. The number of aryl methyl sites for hydroxylation is 2. The van der Waals surface area contributed by atoms with E-state index in [-0.39, 0.29) is 0 Å². The third-order valence-corrected chi connectivity index (χ3v) is 2.83. The molecule has 1 aromatic heterocycles. The highest BCUT2D eigenvalue weighted by Gasteiger charge is 2.12. The fourth-order valence-corrected chi connectivity index (χ4v) is 1.91. The molecule has 0 bridgehead atoms. The summed E-state index contributed by atoms with van der Waals surface area (Å²) in [5, 5.41) is 10.6. The topological polar surface area (TPSA) is 40.7 Å². The first-order valence-corrected chi connectivity index (χ1v) is 5.48. The van der Waals surface area contributed by atoms with Crippen molar-refractivity contribution >= 4 is 0 Å². The standard InChI is InChI=1S/C13H17N3/c1-9-6-4-5-7-11(9)13-12(8-14-3)10(2)15-16-13/h4-7,14H,8H2,1-3H3,(H,15,16). The minimum absolute atomic E-state index is 0.839. The van der Waals surface area contributed by atoms with Gasteiger partial charge in [-0.3, -0.25) is 5.10 Å². The molecule has 2 aromatic rings. The van der Waals surface area contributed by atoms with E-state index in [4.69, 9.17) is 0 Å². The third kappa shape index (κ3) is 1.86. The summed E-state index contributed by atoms with van der Waals surface area (Å²) >= 11 is 0. The number of nitrogens with zero attached hydrogens (tertiary/aromatic N) is 1. The third-order valence-electron chi connectivity index (χ3n) is 2.83. The fraction of sp³-hybridized carbons (Fsp3) is 0.308. The van der Waals surface area contributed by atoms with Crippen LogP contribution in [-0.2, 0) is 6.54 Å². The Labute approximate surface area is 95.9 Å². The quantitative estimate of drug-likeness (QED) is 0.825. The zero-order chi connectivity index (χ0) is 11.5. The van der Waals surface area contributed by atoms with Crippen molar-refractivity contribution in [3.05, 3.63) is 41.1 Å². The average Bonchev–Trinajstić information content (AvgIpc) is 2.62. The Morgan fingerprint density at radius 1 is 1.25 bits per heavy atom. The van der Waals surface area contributed by atoms with E-state index in [0.29, 0.717) is 0 Å². The monoisotopic (exact) mass is 215 g/mol. The lowest BCUT2D eigenvalue weighted by atomic mass is 10.0. The molecule has 0 radical (unpaired) electrons. The second-order valence-corrected chi connectivity index (χ2v) is 4.02. The number of nitrogens with one attached hydrogen (secondary N) is 2. The van der Waals surface area contributed by atoms with Gasteiger partial charge in [-0.1, -0.05) is 24.3 Å². The highest BCUT2D eigenvalue weighted by atomic mass is 15.1. The Morgan fingerprint density at radius 3 is 2.69 bits per heavy atom. The SMILES string of the molecule is CNCc1c(-c2ccccc2C)n[nH]c1C. The van der Waals surface area contributed by atoms with Gasteiger partial charge >= 0.3 is 0 Å². The molecule has 2 N–H and O–H groups in total. The fourth-order valence-electron chi connectivity index (χ4n) is 1.91. The zero-order valence-corrected chi connectivity index (χ0v) is 9.96. The molecule has 0 aliphatic rings. The van der Waals surface area contributed by atoms with Crippen molar-refractivity contribution in [2.45, 2.75) is 20.4 Å². The van der Waals surface area contributed by atoms with Crippen molar-refractivity contribution in [1.82, 2.24) is 15.5 Å². The van der Waals surface area contributed by atoms with E-state index in [9.17, 15) is 0 Å². The van der Waals surface area contributed by atoms with Crippen molar-refractivity contribution in [3.8, 4) is 11.3 Å². The first-order valence-electron chi connectivity index (χ1n) is 5.48. The predicted octanol–water partition coefficient (Wildman–Crippen LogP) is 2.41. The second-order valence-electron chi connectivity index (χ2n) is 4.02. The molecule has 16 heavy (non-hydrogen) atoms. The molecule has 0 aliphatic heterocycles. The molecule has 0 spiro atoms.